The van der Waals surface area contributed by atoms with Gasteiger partial charge in [0.15, 0.2) is 11.5 Å². The molecule has 8 nitrogen and oxygen atoms in total. The van der Waals surface area contributed by atoms with Gasteiger partial charge >= 0.3 is 0 Å². The Hall–Kier alpha value is -2.14. The molecule has 1 aliphatic rings. The lowest BCUT2D eigenvalue weighted by molar-refractivity contribution is 0.272. The molecule has 0 atom stereocenters. The Balaban J connectivity index is 1.71. The first-order valence-corrected chi connectivity index (χ1v) is 13.4. The molecular formula is C22H30N2O6S2. The van der Waals surface area contributed by atoms with Crippen LogP contribution in [0.3, 0.4) is 0 Å². The van der Waals surface area contributed by atoms with Crippen molar-refractivity contribution in [1.82, 2.24) is 8.61 Å². The average molecular weight is 483 g/mol. The van der Waals surface area contributed by atoms with Gasteiger partial charge in [0.25, 0.3) is 0 Å². The van der Waals surface area contributed by atoms with E-state index in [9.17, 15) is 16.8 Å². The molecule has 10 heteroatoms. The van der Waals surface area contributed by atoms with E-state index in [0.717, 1.165) is 24.8 Å². The molecule has 0 radical (unpaired) electrons. The predicted octanol–water partition coefficient (Wildman–Crippen LogP) is 2.74. The van der Waals surface area contributed by atoms with Gasteiger partial charge in [-0.2, -0.15) is 8.61 Å². The van der Waals surface area contributed by atoms with Crippen LogP contribution in [-0.4, -0.2) is 65.8 Å². The third-order valence-corrected chi connectivity index (χ3v) is 9.38. The van der Waals surface area contributed by atoms with Crippen LogP contribution in [-0.2, 0) is 26.5 Å². The summed E-state index contributed by atoms with van der Waals surface area (Å²) >= 11 is 0. The van der Waals surface area contributed by atoms with Crippen LogP contribution in [0.4, 0.5) is 0 Å². The van der Waals surface area contributed by atoms with Gasteiger partial charge < -0.3 is 9.47 Å². The van der Waals surface area contributed by atoms with Crippen LogP contribution >= 0.6 is 0 Å². The summed E-state index contributed by atoms with van der Waals surface area (Å²) < 4.78 is 65.2. The molecule has 0 aliphatic carbocycles. The molecule has 176 valence electrons. The van der Waals surface area contributed by atoms with Gasteiger partial charge in [0, 0.05) is 32.2 Å². The molecule has 3 rings (SSSR count). The van der Waals surface area contributed by atoms with Crippen molar-refractivity contribution in [3.63, 3.8) is 0 Å². The summed E-state index contributed by atoms with van der Waals surface area (Å²) in [6.45, 7) is 2.44. The fraction of sp³-hybridized carbons (Fsp3) is 0.455. The Labute approximate surface area is 190 Å². The van der Waals surface area contributed by atoms with Gasteiger partial charge in [-0.3, -0.25) is 0 Å². The molecule has 0 aromatic heterocycles. The molecule has 0 spiro atoms. The molecule has 2 aromatic rings. The van der Waals surface area contributed by atoms with Crippen LogP contribution in [0.25, 0.3) is 0 Å². The summed E-state index contributed by atoms with van der Waals surface area (Å²) in [7, 11) is -4.55. The monoisotopic (exact) mass is 482 g/mol. The number of piperazine rings is 1. The first-order chi connectivity index (χ1) is 15.2. The molecule has 2 aromatic carbocycles. The van der Waals surface area contributed by atoms with Crippen molar-refractivity contribution in [1.29, 1.82) is 0 Å². The molecule has 0 saturated carbocycles. The predicted molar refractivity (Wildman–Crippen MR) is 122 cm³/mol. The summed E-state index contributed by atoms with van der Waals surface area (Å²) in [4.78, 5) is 0.308. The number of unbranched alkanes of at least 4 members (excludes halogenated alkanes) is 1. The maximum absolute atomic E-state index is 13.1. The number of hydrogen-bond acceptors (Lipinski definition) is 6. The fourth-order valence-corrected chi connectivity index (χ4v) is 6.49. The van der Waals surface area contributed by atoms with Gasteiger partial charge in [-0.15, -0.1) is 0 Å². The minimum absolute atomic E-state index is 0.0739. The average Bonchev–Trinajstić information content (AvgIpc) is 2.82. The van der Waals surface area contributed by atoms with E-state index in [1.54, 1.807) is 12.1 Å². The van der Waals surface area contributed by atoms with E-state index >= 15 is 0 Å². The minimum atomic E-state index is -3.79. The maximum Gasteiger partial charge on any atom is 0.243 e. The zero-order valence-electron chi connectivity index (χ0n) is 18.7. The van der Waals surface area contributed by atoms with Crippen molar-refractivity contribution in [3.05, 3.63) is 48.0 Å². The molecule has 32 heavy (non-hydrogen) atoms. The number of rotatable bonds is 9. The maximum atomic E-state index is 13.1. The number of aryl methyl sites for hydroxylation is 1. The van der Waals surface area contributed by atoms with Crippen molar-refractivity contribution >= 4 is 20.0 Å². The first-order valence-electron chi connectivity index (χ1n) is 10.5. The van der Waals surface area contributed by atoms with E-state index < -0.39 is 20.0 Å². The lowest BCUT2D eigenvalue weighted by Gasteiger charge is -2.33. The van der Waals surface area contributed by atoms with Gasteiger partial charge in [0.1, 0.15) is 0 Å². The highest BCUT2D eigenvalue weighted by atomic mass is 32.2. The number of methoxy groups -OCH3 is 2. The van der Waals surface area contributed by atoms with Gasteiger partial charge in [0.05, 0.1) is 24.0 Å². The second-order valence-corrected chi connectivity index (χ2v) is 11.4. The van der Waals surface area contributed by atoms with Crippen molar-refractivity contribution < 1.29 is 26.3 Å². The van der Waals surface area contributed by atoms with Crippen LogP contribution in [0.2, 0.25) is 0 Å². The van der Waals surface area contributed by atoms with Crippen LogP contribution in [0.15, 0.2) is 52.3 Å². The zero-order valence-corrected chi connectivity index (χ0v) is 20.3. The smallest absolute Gasteiger partial charge is 0.243 e. The summed E-state index contributed by atoms with van der Waals surface area (Å²) in [6, 6.07) is 11.4. The second-order valence-electron chi connectivity index (χ2n) is 7.57. The third-order valence-electron chi connectivity index (χ3n) is 5.57. The minimum Gasteiger partial charge on any atom is -0.493 e. The highest BCUT2D eigenvalue weighted by Crippen LogP contribution is 2.31. The van der Waals surface area contributed by atoms with Gasteiger partial charge in [0.2, 0.25) is 20.0 Å². The topological polar surface area (TPSA) is 93.2 Å². The normalized spacial score (nSPS) is 16.1. The van der Waals surface area contributed by atoms with E-state index in [0.29, 0.717) is 11.5 Å². The summed E-state index contributed by atoms with van der Waals surface area (Å²) in [6.07, 6.45) is 3.06. The number of ether oxygens (including phenoxy) is 2. The Morgan fingerprint density at radius 3 is 1.75 bits per heavy atom. The second kappa shape index (κ2) is 10.2. The van der Waals surface area contributed by atoms with Gasteiger partial charge in [-0.25, -0.2) is 16.8 Å². The van der Waals surface area contributed by atoms with Crippen LogP contribution in [0.5, 0.6) is 11.5 Å². The van der Waals surface area contributed by atoms with Crippen LogP contribution in [0.1, 0.15) is 25.3 Å². The Morgan fingerprint density at radius 1 is 0.750 bits per heavy atom. The number of hydrogen-bond donors (Lipinski definition) is 0. The quantitative estimate of drug-likeness (QED) is 0.546. The zero-order chi connectivity index (χ0) is 23.4. The highest BCUT2D eigenvalue weighted by molar-refractivity contribution is 7.89. The van der Waals surface area contributed by atoms with Crippen LogP contribution in [0, 0.1) is 0 Å². The lowest BCUT2D eigenvalue weighted by Crippen LogP contribution is -2.50. The molecule has 1 fully saturated rings. The third kappa shape index (κ3) is 5.09. The SMILES string of the molecule is CCCCc1ccc(S(=O)(=O)N2CCN(S(=O)(=O)c3ccc(OC)c(OC)c3)CC2)cc1. The highest BCUT2D eigenvalue weighted by Gasteiger charge is 2.34. The van der Waals surface area contributed by atoms with Crippen LogP contribution < -0.4 is 9.47 Å². The summed E-state index contributed by atoms with van der Waals surface area (Å²) in [5.41, 5.74) is 1.11. The van der Waals surface area contributed by atoms with Crippen molar-refractivity contribution in [2.24, 2.45) is 0 Å². The molecule has 1 saturated heterocycles. The number of nitrogens with zero attached hydrogens (tertiary/aromatic N) is 2. The van der Waals surface area contributed by atoms with Gasteiger partial charge in [-0.05, 0) is 42.7 Å². The Morgan fingerprint density at radius 2 is 1.25 bits per heavy atom. The number of benzene rings is 2. The fourth-order valence-electron chi connectivity index (χ4n) is 3.63. The molecule has 0 N–H and O–H groups in total. The molecular weight excluding hydrogens is 452 g/mol. The first kappa shape index (κ1) is 24.5. The summed E-state index contributed by atoms with van der Waals surface area (Å²) in [5, 5.41) is 0. The van der Waals surface area contributed by atoms with Crippen molar-refractivity contribution in [3.8, 4) is 11.5 Å². The van der Waals surface area contributed by atoms with Gasteiger partial charge in [-0.1, -0.05) is 25.5 Å². The van der Waals surface area contributed by atoms with E-state index in [4.69, 9.17) is 9.47 Å². The van der Waals surface area contributed by atoms with E-state index in [1.807, 2.05) is 12.1 Å². The Kier molecular flexibility index (Phi) is 7.81. The van der Waals surface area contributed by atoms with E-state index in [-0.39, 0.29) is 36.0 Å². The van der Waals surface area contributed by atoms with E-state index in [1.165, 1.54) is 41.0 Å². The van der Waals surface area contributed by atoms with Crippen molar-refractivity contribution in [2.75, 3.05) is 40.4 Å². The van der Waals surface area contributed by atoms with E-state index in [2.05, 4.69) is 6.92 Å². The lowest BCUT2D eigenvalue weighted by atomic mass is 10.1. The molecule has 0 amide bonds. The molecule has 1 heterocycles. The Bertz CT molecular complexity index is 1120. The number of sulfonamides is 2. The molecule has 1 aliphatic heterocycles. The molecule has 0 bridgehead atoms. The standard InChI is InChI=1S/C22H30N2O6S2/c1-4-5-6-18-7-9-19(10-8-18)31(25,26)23-13-15-24(16-14-23)32(27,28)20-11-12-21(29-2)22(17-20)30-3/h7-12,17H,4-6,13-16H2,1-3H3. The molecule has 0 unspecified atom stereocenters. The largest absolute Gasteiger partial charge is 0.493 e. The van der Waals surface area contributed by atoms with Crippen molar-refractivity contribution in [2.45, 2.75) is 36.0 Å². The summed E-state index contributed by atoms with van der Waals surface area (Å²) in [5.74, 6) is 0.750.